The van der Waals surface area contributed by atoms with E-state index in [1.54, 1.807) is 0 Å². The molecule has 2 rings (SSSR count). The van der Waals surface area contributed by atoms with Crippen molar-refractivity contribution in [3.63, 3.8) is 0 Å². The SMILES string of the molecule is C[C@@H](NC(=O)/C=C/c1ccc([N+](=O)[O-])cc1)C(=O)N(C)C1CCS(=O)(=O)C1. The normalized spacial score (nSPS) is 19.6. The lowest BCUT2D eigenvalue weighted by atomic mass is 10.2. The molecule has 1 aromatic rings. The minimum Gasteiger partial charge on any atom is -0.341 e. The first-order valence-corrected chi connectivity index (χ1v) is 10.1. The lowest BCUT2D eigenvalue weighted by molar-refractivity contribution is -0.384. The van der Waals surface area contributed by atoms with Crippen molar-refractivity contribution in [3.05, 3.63) is 46.0 Å². The molecule has 1 aliphatic heterocycles. The van der Waals surface area contributed by atoms with Gasteiger partial charge in [-0.1, -0.05) is 0 Å². The van der Waals surface area contributed by atoms with E-state index in [9.17, 15) is 28.1 Å². The largest absolute Gasteiger partial charge is 0.341 e. The van der Waals surface area contributed by atoms with Crippen LogP contribution in [0, 0.1) is 10.1 Å². The molecule has 27 heavy (non-hydrogen) atoms. The van der Waals surface area contributed by atoms with Gasteiger partial charge < -0.3 is 10.2 Å². The lowest BCUT2D eigenvalue weighted by Gasteiger charge is -2.26. The van der Waals surface area contributed by atoms with Crippen molar-refractivity contribution < 1.29 is 22.9 Å². The molecule has 2 amide bonds. The van der Waals surface area contributed by atoms with Crippen LogP contribution in [-0.4, -0.2) is 60.7 Å². The molecule has 2 atom stereocenters. The zero-order chi connectivity index (χ0) is 20.2. The van der Waals surface area contributed by atoms with Crippen LogP contribution in [0.3, 0.4) is 0 Å². The highest BCUT2D eigenvalue weighted by atomic mass is 32.2. The second-order valence-electron chi connectivity index (χ2n) is 6.42. The quantitative estimate of drug-likeness (QED) is 0.430. The van der Waals surface area contributed by atoms with Crippen LogP contribution >= 0.6 is 0 Å². The summed E-state index contributed by atoms with van der Waals surface area (Å²) in [5, 5.41) is 13.1. The summed E-state index contributed by atoms with van der Waals surface area (Å²) in [6.45, 7) is 1.53. The summed E-state index contributed by atoms with van der Waals surface area (Å²) in [6.07, 6.45) is 3.10. The summed E-state index contributed by atoms with van der Waals surface area (Å²) in [5.74, 6) is -0.861. The van der Waals surface area contributed by atoms with E-state index in [0.29, 0.717) is 12.0 Å². The first-order chi connectivity index (χ1) is 12.6. The Morgan fingerprint density at radius 1 is 1.33 bits per heavy atom. The van der Waals surface area contributed by atoms with Gasteiger partial charge in [0.1, 0.15) is 6.04 Å². The van der Waals surface area contributed by atoms with Gasteiger partial charge in [0.05, 0.1) is 16.4 Å². The Kier molecular flexibility index (Phi) is 6.32. The monoisotopic (exact) mass is 395 g/mol. The molecule has 1 N–H and O–H groups in total. The van der Waals surface area contributed by atoms with E-state index in [4.69, 9.17) is 0 Å². The first kappa shape index (κ1) is 20.6. The maximum Gasteiger partial charge on any atom is 0.269 e. The summed E-state index contributed by atoms with van der Waals surface area (Å²) < 4.78 is 23.1. The predicted molar refractivity (Wildman–Crippen MR) is 99.6 cm³/mol. The molecule has 0 spiro atoms. The van der Waals surface area contributed by atoms with Crippen molar-refractivity contribution in [2.45, 2.75) is 25.4 Å². The summed E-state index contributed by atoms with van der Waals surface area (Å²) in [5.41, 5.74) is 0.552. The molecule has 0 aliphatic carbocycles. The lowest BCUT2D eigenvalue weighted by Crippen LogP contribution is -2.49. The van der Waals surface area contributed by atoms with Crippen molar-refractivity contribution in [2.75, 3.05) is 18.6 Å². The second-order valence-corrected chi connectivity index (χ2v) is 8.65. The number of rotatable bonds is 6. The van der Waals surface area contributed by atoms with Crippen LogP contribution in [0.2, 0.25) is 0 Å². The third kappa shape index (κ3) is 5.61. The third-order valence-corrected chi connectivity index (χ3v) is 6.11. The van der Waals surface area contributed by atoms with Gasteiger partial charge in [0.15, 0.2) is 9.84 Å². The Bertz CT molecular complexity index is 863. The van der Waals surface area contributed by atoms with Gasteiger partial charge >= 0.3 is 0 Å². The van der Waals surface area contributed by atoms with Crippen molar-refractivity contribution >= 4 is 33.4 Å². The summed E-state index contributed by atoms with van der Waals surface area (Å²) in [6, 6.07) is 4.47. The first-order valence-electron chi connectivity index (χ1n) is 8.29. The van der Waals surface area contributed by atoms with Crippen molar-refractivity contribution in [1.29, 1.82) is 0 Å². The van der Waals surface area contributed by atoms with E-state index >= 15 is 0 Å². The number of nitrogens with zero attached hydrogens (tertiary/aromatic N) is 2. The van der Waals surface area contributed by atoms with Gasteiger partial charge in [0.2, 0.25) is 11.8 Å². The van der Waals surface area contributed by atoms with E-state index in [1.165, 1.54) is 55.3 Å². The molecule has 146 valence electrons. The number of sulfone groups is 1. The van der Waals surface area contributed by atoms with Crippen LogP contribution in [-0.2, 0) is 19.4 Å². The third-order valence-electron chi connectivity index (χ3n) is 4.36. The number of carbonyl (C=O) groups is 2. The summed E-state index contributed by atoms with van der Waals surface area (Å²) in [7, 11) is -1.57. The average Bonchev–Trinajstić information content (AvgIpc) is 2.98. The highest BCUT2D eigenvalue weighted by Crippen LogP contribution is 2.17. The van der Waals surface area contributed by atoms with Crippen LogP contribution in [0.4, 0.5) is 5.69 Å². The fraction of sp³-hybridized carbons (Fsp3) is 0.412. The van der Waals surface area contributed by atoms with E-state index in [2.05, 4.69) is 5.32 Å². The second kappa shape index (κ2) is 8.30. The average molecular weight is 395 g/mol. The van der Waals surface area contributed by atoms with E-state index in [1.807, 2.05) is 0 Å². The van der Waals surface area contributed by atoms with Gasteiger partial charge in [0.25, 0.3) is 5.69 Å². The number of nitro groups is 1. The van der Waals surface area contributed by atoms with Gasteiger partial charge in [0, 0.05) is 31.3 Å². The number of nitrogens with one attached hydrogen (secondary N) is 1. The van der Waals surface area contributed by atoms with Gasteiger partial charge in [-0.25, -0.2) is 8.42 Å². The van der Waals surface area contributed by atoms with Gasteiger partial charge in [-0.15, -0.1) is 0 Å². The fourth-order valence-corrected chi connectivity index (χ4v) is 4.54. The molecule has 1 unspecified atom stereocenters. The standard InChI is InChI=1S/C17H21N3O6S/c1-12(17(22)19(2)15-9-10-27(25,26)11-15)18-16(21)8-5-13-3-6-14(7-4-13)20(23)24/h3-8,12,15H,9-11H2,1-2H3,(H,18,21)/b8-5+/t12-,15?/m1/s1. The molecule has 1 aliphatic rings. The predicted octanol–water partition coefficient (Wildman–Crippen LogP) is 0.758. The van der Waals surface area contributed by atoms with Crippen molar-refractivity contribution in [3.8, 4) is 0 Å². The fourth-order valence-electron chi connectivity index (χ4n) is 2.77. The number of hydrogen-bond acceptors (Lipinski definition) is 6. The van der Waals surface area contributed by atoms with Crippen LogP contribution in [0.25, 0.3) is 6.08 Å². The minimum absolute atomic E-state index is 0.0483. The smallest absolute Gasteiger partial charge is 0.269 e. The highest BCUT2D eigenvalue weighted by Gasteiger charge is 2.34. The topological polar surface area (TPSA) is 127 Å². The van der Waals surface area contributed by atoms with Crippen molar-refractivity contribution in [1.82, 2.24) is 10.2 Å². The molecule has 1 saturated heterocycles. The number of carbonyl (C=O) groups excluding carboxylic acids is 2. The zero-order valence-corrected chi connectivity index (χ0v) is 15.8. The Balaban J connectivity index is 1.90. The maximum atomic E-state index is 12.4. The van der Waals surface area contributed by atoms with Crippen LogP contribution < -0.4 is 5.32 Å². The Labute approximate surface area is 157 Å². The molecule has 1 heterocycles. The molecule has 1 aromatic carbocycles. The highest BCUT2D eigenvalue weighted by molar-refractivity contribution is 7.91. The molecule has 0 aromatic heterocycles. The molecule has 0 radical (unpaired) electrons. The molecule has 1 fully saturated rings. The number of non-ortho nitro benzene ring substituents is 1. The molecule has 9 nitrogen and oxygen atoms in total. The number of likely N-dealkylation sites (N-methyl/N-ethyl adjacent to an activating group) is 1. The Morgan fingerprint density at radius 3 is 2.48 bits per heavy atom. The van der Waals surface area contributed by atoms with Gasteiger partial charge in [-0.2, -0.15) is 0 Å². The Morgan fingerprint density at radius 2 is 1.96 bits per heavy atom. The number of benzene rings is 1. The van der Waals surface area contributed by atoms with E-state index in [-0.39, 0.29) is 29.1 Å². The number of nitro benzene ring substituents is 1. The van der Waals surface area contributed by atoms with Crippen LogP contribution in [0.15, 0.2) is 30.3 Å². The summed E-state index contributed by atoms with van der Waals surface area (Å²) in [4.78, 5) is 35.8. The summed E-state index contributed by atoms with van der Waals surface area (Å²) >= 11 is 0. The van der Waals surface area contributed by atoms with Gasteiger partial charge in [-0.3, -0.25) is 19.7 Å². The van der Waals surface area contributed by atoms with Crippen LogP contribution in [0.1, 0.15) is 18.9 Å². The molecule has 0 saturated carbocycles. The molecule has 10 heteroatoms. The maximum absolute atomic E-state index is 12.4. The van der Waals surface area contributed by atoms with Gasteiger partial charge in [-0.05, 0) is 37.1 Å². The molecular weight excluding hydrogens is 374 g/mol. The van der Waals surface area contributed by atoms with E-state index in [0.717, 1.165) is 0 Å². The zero-order valence-electron chi connectivity index (χ0n) is 15.0. The number of hydrogen-bond donors (Lipinski definition) is 1. The molecule has 0 bridgehead atoms. The van der Waals surface area contributed by atoms with Crippen molar-refractivity contribution in [2.24, 2.45) is 0 Å². The Hall–Kier alpha value is -2.75. The van der Waals surface area contributed by atoms with E-state index < -0.39 is 26.7 Å². The number of amides is 2. The van der Waals surface area contributed by atoms with Crippen LogP contribution in [0.5, 0.6) is 0 Å². The molecular formula is C17H21N3O6S. The minimum atomic E-state index is -3.11.